The zero-order chi connectivity index (χ0) is 11.7. The van der Waals surface area contributed by atoms with E-state index >= 15 is 0 Å². The maximum absolute atomic E-state index is 2.33. The highest BCUT2D eigenvalue weighted by molar-refractivity contribution is 5.65. The molecule has 1 aromatic carbocycles. The van der Waals surface area contributed by atoms with Crippen LogP contribution in [0.1, 0.15) is 30.0 Å². The summed E-state index contributed by atoms with van der Waals surface area (Å²) in [5.74, 6) is 0.654. The van der Waals surface area contributed by atoms with E-state index in [2.05, 4.69) is 55.5 Å². The number of benzene rings is 1. The van der Waals surface area contributed by atoms with Gasteiger partial charge in [-0.15, -0.1) is 0 Å². The maximum Gasteiger partial charge on any atom is -0.00441 e. The summed E-state index contributed by atoms with van der Waals surface area (Å²) in [6.45, 7) is 2.23. The zero-order valence-corrected chi connectivity index (χ0v) is 10.3. The summed E-state index contributed by atoms with van der Waals surface area (Å²) in [5.41, 5.74) is 6.05. The van der Waals surface area contributed by atoms with Crippen LogP contribution in [-0.4, -0.2) is 0 Å². The van der Waals surface area contributed by atoms with Crippen molar-refractivity contribution in [1.29, 1.82) is 0 Å². The molecule has 2 aliphatic rings. The second kappa shape index (κ2) is 4.37. The van der Waals surface area contributed by atoms with E-state index in [0.29, 0.717) is 5.92 Å². The van der Waals surface area contributed by atoms with Gasteiger partial charge in [-0.1, -0.05) is 54.2 Å². The molecule has 0 heterocycles. The van der Waals surface area contributed by atoms with Crippen molar-refractivity contribution in [1.82, 2.24) is 0 Å². The Morgan fingerprint density at radius 1 is 1.18 bits per heavy atom. The highest BCUT2D eigenvalue weighted by Gasteiger charge is 2.14. The first-order chi connectivity index (χ1) is 8.33. The standard InChI is InChI=1S/C17H18/c1-13-11-16-8-4-7-15(17(16)12-13)10-9-14-5-2-3-6-14/h2-8,11,14H,9-10,12H2,1H3. The van der Waals surface area contributed by atoms with Crippen LogP contribution in [0.2, 0.25) is 0 Å². The number of hydrogen-bond donors (Lipinski definition) is 0. The fraction of sp³-hybridized carbons (Fsp3) is 0.294. The Morgan fingerprint density at radius 3 is 2.82 bits per heavy atom. The van der Waals surface area contributed by atoms with Gasteiger partial charge in [0.25, 0.3) is 0 Å². The van der Waals surface area contributed by atoms with Crippen molar-refractivity contribution >= 4 is 6.08 Å². The molecule has 0 amide bonds. The summed E-state index contributed by atoms with van der Waals surface area (Å²) in [7, 11) is 0. The number of fused-ring (bicyclic) bond motifs is 1. The molecule has 0 unspecified atom stereocenters. The minimum atomic E-state index is 0.654. The van der Waals surface area contributed by atoms with Crippen LogP contribution in [0.3, 0.4) is 0 Å². The van der Waals surface area contributed by atoms with Gasteiger partial charge in [0.1, 0.15) is 0 Å². The van der Waals surface area contributed by atoms with Crippen LogP contribution >= 0.6 is 0 Å². The van der Waals surface area contributed by atoms with Crippen molar-refractivity contribution in [2.24, 2.45) is 5.92 Å². The normalized spacial score (nSPS) is 17.6. The van der Waals surface area contributed by atoms with Crippen molar-refractivity contribution in [3.63, 3.8) is 0 Å². The SMILES string of the molecule is CC1=Cc2cccc(CCC3C=CC=C3)c2C1. The van der Waals surface area contributed by atoms with Crippen molar-refractivity contribution in [3.05, 3.63) is 64.8 Å². The Hall–Kier alpha value is -1.56. The van der Waals surface area contributed by atoms with Crippen LogP contribution in [0.5, 0.6) is 0 Å². The van der Waals surface area contributed by atoms with Gasteiger partial charge in [-0.2, -0.15) is 0 Å². The Morgan fingerprint density at radius 2 is 2.00 bits per heavy atom. The molecule has 86 valence electrons. The van der Waals surface area contributed by atoms with Crippen LogP contribution in [0.4, 0.5) is 0 Å². The highest BCUT2D eigenvalue weighted by atomic mass is 14.2. The van der Waals surface area contributed by atoms with Gasteiger partial charge >= 0.3 is 0 Å². The summed E-state index contributed by atoms with van der Waals surface area (Å²) >= 11 is 0. The lowest BCUT2D eigenvalue weighted by Crippen LogP contribution is -1.98. The highest BCUT2D eigenvalue weighted by Crippen LogP contribution is 2.29. The Bertz CT molecular complexity index is 503. The van der Waals surface area contributed by atoms with Gasteiger partial charge in [-0.25, -0.2) is 0 Å². The molecule has 0 saturated heterocycles. The topological polar surface area (TPSA) is 0 Å². The van der Waals surface area contributed by atoms with E-state index in [1.165, 1.54) is 24.0 Å². The molecule has 0 fully saturated rings. The lowest BCUT2D eigenvalue weighted by molar-refractivity contribution is 0.712. The van der Waals surface area contributed by atoms with Crippen molar-refractivity contribution in [2.75, 3.05) is 0 Å². The first-order valence-corrected chi connectivity index (χ1v) is 6.46. The van der Waals surface area contributed by atoms with E-state index in [1.807, 2.05) is 0 Å². The van der Waals surface area contributed by atoms with E-state index in [-0.39, 0.29) is 0 Å². The predicted molar refractivity (Wildman–Crippen MR) is 73.9 cm³/mol. The second-order valence-electron chi connectivity index (χ2n) is 5.12. The van der Waals surface area contributed by atoms with Gasteiger partial charge in [0.05, 0.1) is 0 Å². The summed E-state index contributed by atoms with van der Waals surface area (Å²) in [5, 5.41) is 0. The molecule has 0 saturated carbocycles. The van der Waals surface area contributed by atoms with Crippen molar-refractivity contribution in [3.8, 4) is 0 Å². The summed E-state index contributed by atoms with van der Waals surface area (Å²) in [6, 6.07) is 6.74. The van der Waals surface area contributed by atoms with E-state index in [0.717, 1.165) is 6.42 Å². The second-order valence-corrected chi connectivity index (χ2v) is 5.12. The molecule has 0 spiro atoms. The van der Waals surface area contributed by atoms with Gasteiger partial charge < -0.3 is 0 Å². The Labute approximate surface area is 103 Å². The van der Waals surface area contributed by atoms with Crippen LogP contribution in [0, 0.1) is 5.92 Å². The fourth-order valence-corrected chi connectivity index (χ4v) is 2.83. The predicted octanol–water partition coefficient (Wildman–Crippen LogP) is 4.32. The molecule has 0 aromatic heterocycles. The first kappa shape index (κ1) is 10.6. The average Bonchev–Trinajstić information content (AvgIpc) is 2.93. The summed E-state index contributed by atoms with van der Waals surface area (Å²) < 4.78 is 0. The quantitative estimate of drug-likeness (QED) is 0.714. The van der Waals surface area contributed by atoms with Gasteiger partial charge in [0, 0.05) is 0 Å². The number of hydrogen-bond acceptors (Lipinski definition) is 0. The van der Waals surface area contributed by atoms with Gasteiger partial charge in [-0.3, -0.25) is 0 Å². The monoisotopic (exact) mass is 222 g/mol. The van der Waals surface area contributed by atoms with Gasteiger partial charge in [0.2, 0.25) is 0 Å². The van der Waals surface area contributed by atoms with E-state index in [1.54, 1.807) is 11.1 Å². The number of rotatable bonds is 3. The van der Waals surface area contributed by atoms with Crippen molar-refractivity contribution < 1.29 is 0 Å². The molecule has 0 heteroatoms. The summed E-state index contributed by atoms with van der Waals surface area (Å²) in [6.07, 6.45) is 14.8. The van der Waals surface area contributed by atoms with Crippen LogP contribution in [-0.2, 0) is 12.8 Å². The third kappa shape index (κ3) is 2.12. The van der Waals surface area contributed by atoms with Crippen LogP contribution in [0.15, 0.2) is 48.1 Å². The Kier molecular flexibility index (Phi) is 2.72. The third-order valence-corrected chi connectivity index (χ3v) is 3.74. The maximum atomic E-state index is 2.33. The molecule has 2 aliphatic carbocycles. The fourth-order valence-electron chi connectivity index (χ4n) is 2.83. The number of aryl methyl sites for hydroxylation is 1. The first-order valence-electron chi connectivity index (χ1n) is 6.46. The molecular weight excluding hydrogens is 204 g/mol. The zero-order valence-electron chi connectivity index (χ0n) is 10.3. The largest absolute Gasteiger partial charge is 0.0776 e. The molecule has 3 rings (SSSR count). The molecule has 17 heavy (non-hydrogen) atoms. The average molecular weight is 222 g/mol. The molecule has 0 radical (unpaired) electrons. The molecule has 0 bridgehead atoms. The van der Waals surface area contributed by atoms with Gasteiger partial charge in [0.15, 0.2) is 0 Å². The molecule has 0 N–H and O–H groups in total. The van der Waals surface area contributed by atoms with Crippen LogP contribution < -0.4 is 0 Å². The molecular formula is C17H18. The third-order valence-electron chi connectivity index (χ3n) is 3.74. The Balaban J connectivity index is 1.75. The van der Waals surface area contributed by atoms with Gasteiger partial charge in [-0.05, 0) is 48.8 Å². The van der Waals surface area contributed by atoms with Crippen LogP contribution in [0.25, 0.3) is 6.08 Å². The van der Waals surface area contributed by atoms with E-state index in [9.17, 15) is 0 Å². The molecule has 1 aromatic rings. The summed E-state index contributed by atoms with van der Waals surface area (Å²) in [4.78, 5) is 0. The van der Waals surface area contributed by atoms with Crippen molar-refractivity contribution in [2.45, 2.75) is 26.2 Å². The lowest BCUT2D eigenvalue weighted by Gasteiger charge is -2.10. The minimum absolute atomic E-state index is 0.654. The smallest absolute Gasteiger partial charge is 0.00441 e. The number of allylic oxidation sites excluding steroid dienone is 5. The molecule has 0 atom stereocenters. The van der Waals surface area contributed by atoms with E-state index < -0.39 is 0 Å². The molecule has 0 aliphatic heterocycles. The molecule has 0 nitrogen and oxygen atoms in total. The minimum Gasteiger partial charge on any atom is -0.0776 e. The lowest BCUT2D eigenvalue weighted by atomic mass is 9.95. The van der Waals surface area contributed by atoms with E-state index in [4.69, 9.17) is 0 Å².